The molecule has 0 N–H and O–H groups in total. The van der Waals surface area contributed by atoms with Gasteiger partial charge in [0.15, 0.2) is 0 Å². The predicted octanol–water partition coefficient (Wildman–Crippen LogP) is 3.91. The average molecular weight is 304 g/mol. The smallest absolute Gasteiger partial charge is 0.269 e. The van der Waals surface area contributed by atoms with Crippen LogP contribution >= 0.6 is 12.6 Å². The first-order valence-corrected chi connectivity index (χ1v) is 8.34. The van der Waals surface area contributed by atoms with Gasteiger partial charge in [0.1, 0.15) is 0 Å². The summed E-state index contributed by atoms with van der Waals surface area (Å²) in [6.45, 7) is 5.11. The van der Waals surface area contributed by atoms with E-state index < -0.39 is 0 Å². The van der Waals surface area contributed by atoms with Crippen LogP contribution in [0, 0.1) is 5.41 Å². The first kappa shape index (κ1) is 16.1. The quantitative estimate of drug-likeness (QED) is 0.787. The Morgan fingerprint density at radius 3 is 2.48 bits per heavy atom. The Balaban J connectivity index is 2.49. The summed E-state index contributed by atoms with van der Waals surface area (Å²) in [6, 6.07) is 7.84. The summed E-state index contributed by atoms with van der Waals surface area (Å²) in [5.74, 6) is 0.803. The Hall–Kier alpha value is -1.29. The lowest BCUT2D eigenvalue weighted by Crippen LogP contribution is -2.34. The molecule has 0 fully saturated rings. The number of benzene rings is 1. The number of rotatable bonds is 7. The molecule has 0 saturated heterocycles. The molecule has 0 aliphatic heterocycles. The zero-order chi connectivity index (χ0) is 15.3. The Labute approximate surface area is 131 Å². The van der Waals surface area contributed by atoms with Crippen molar-refractivity contribution in [2.75, 3.05) is 5.75 Å². The van der Waals surface area contributed by atoms with E-state index in [4.69, 9.17) is 0 Å². The summed E-state index contributed by atoms with van der Waals surface area (Å²) in [5, 5.41) is 0. The molecule has 1 aromatic heterocycles. The molecule has 0 bridgehead atoms. The van der Waals surface area contributed by atoms with Crippen molar-refractivity contribution in [1.29, 1.82) is 0 Å². The Bertz CT molecular complexity index is 645. The van der Waals surface area contributed by atoms with Crippen LogP contribution in [0.3, 0.4) is 0 Å². The van der Waals surface area contributed by atoms with Crippen LogP contribution in [0.4, 0.5) is 0 Å². The van der Waals surface area contributed by atoms with Gasteiger partial charge in [-0.05, 0) is 36.1 Å². The van der Waals surface area contributed by atoms with Crippen LogP contribution in [-0.4, -0.2) is 15.3 Å². The number of fused-ring (bicyclic) bond motifs is 1. The van der Waals surface area contributed by atoms with E-state index in [2.05, 4.69) is 31.5 Å². The van der Waals surface area contributed by atoms with Gasteiger partial charge < -0.3 is 4.57 Å². The summed E-state index contributed by atoms with van der Waals surface area (Å²) in [7, 11) is 0. The third-order valence-corrected chi connectivity index (χ3v) is 4.81. The number of thiol groups is 1. The minimum absolute atomic E-state index is 0.0212. The fourth-order valence-electron chi connectivity index (χ4n) is 3.17. The van der Waals surface area contributed by atoms with Gasteiger partial charge in [0.25, 0.3) is 5.56 Å². The fraction of sp³-hybridized carbons (Fsp3) is 0.529. The van der Waals surface area contributed by atoms with Crippen molar-refractivity contribution < 1.29 is 0 Å². The summed E-state index contributed by atoms with van der Waals surface area (Å²) in [5.41, 5.74) is 1.86. The molecule has 0 saturated carbocycles. The standard InChI is InChI=1S/C17H24N2OS/c1-3-9-17(13-21,10-4-2)12-19-15-8-6-5-7-14(15)18-11-16(19)20/h5-8,11,21H,3-4,9-10,12-13H2,1-2H3. The van der Waals surface area contributed by atoms with Gasteiger partial charge >= 0.3 is 0 Å². The molecule has 114 valence electrons. The predicted molar refractivity (Wildman–Crippen MR) is 92.1 cm³/mol. The van der Waals surface area contributed by atoms with Crippen LogP contribution in [0.1, 0.15) is 39.5 Å². The number of hydrogen-bond acceptors (Lipinski definition) is 3. The maximum atomic E-state index is 12.3. The number of aromatic nitrogens is 2. The van der Waals surface area contributed by atoms with E-state index in [1.165, 1.54) is 6.20 Å². The van der Waals surface area contributed by atoms with E-state index in [9.17, 15) is 4.79 Å². The Kier molecular flexibility index (Phi) is 5.45. The van der Waals surface area contributed by atoms with Gasteiger partial charge in [-0.1, -0.05) is 38.8 Å². The van der Waals surface area contributed by atoms with Gasteiger partial charge in [-0.15, -0.1) is 0 Å². The van der Waals surface area contributed by atoms with Crippen molar-refractivity contribution in [2.24, 2.45) is 5.41 Å². The van der Waals surface area contributed by atoms with Crippen molar-refractivity contribution in [1.82, 2.24) is 9.55 Å². The van der Waals surface area contributed by atoms with Gasteiger partial charge in [0.2, 0.25) is 0 Å². The van der Waals surface area contributed by atoms with E-state index in [1.807, 2.05) is 28.8 Å². The lowest BCUT2D eigenvalue weighted by Gasteiger charge is -2.33. The van der Waals surface area contributed by atoms with Crippen molar-refractivity contribution in [3.8, 4) is 0 Å². The summed E-state index contributed by atoms with van der Waals surface area (Å²) >= 11 is 4.60. The van der Waals surface area contributed by atoms with Crippen LogP contribution in [0.2, 0.25) is 0 Å². The maximum absolute atomic E-state index is 12.3. The molecule has 0 radical (unpaired) electrons. The second-order valence-electron chi connectivity index (χ2n) is 5.83. The summed E-state index contributed by atoms with van der Waals surface area (Å²) in [6.07, 6.45) is 5.83. The SMILES string of the molecule is CCCC(CS)(CCC)Cn1c(=O)cnc2ccccc21. The third kappa shape index (κ3) is 3.49. The first-order chi connectivity index (χ1) is 10.2. The number of para-hydroxylation sites is 2. The highest BCUT2D eigenvalue weighted by Gasteiger charge is 2.28. The highest BCUT2D eigenvalue weighted by molar-refractivity contribution is 7.80. The topological polar surface area (TPSA) is 34.9 Å². The average Bonchev–Trinajstić information content (AvgIpc) is 2.50. The molecule has 1 heterocycles. The van der Waals surface area contributed by atoms with Crippen LogP contribution < -0.4 is 5.56 Å². The monoisotopic (exact) mass is 304 g/mol. The molecule has 0 spiro atoms. The second-order valence-corrected chi connectivity index (χ2v) is 6.15. The van der Waals surface area contributed by atoms with Crippen LogP contribution in [0.15, 0.2) is 35.3 Å². The van der Waals surface area contributed by atoms with E-state index in [-0.39, 0.29) is 11.0 Å². The van der Waals surface area contributed by atoms with Gasteiger partial charge in [0, 0.05) is 6.54 Å². The summed E-state index contributed by atoms with van der Waals surface area (Å²) in [4.78, 5) is 16.5. The van der Waals surface area contributed by atoms with Crippen LogP contribution in [0.5, 0.6) is 0 Å². The van der Waals surface area contributed by atoms with Gasteiger partial charge in [-0.2, -0.15) is 12.6 Å². The molecule has 0 aliphatic carbocycles. The zero-order valence-corrected chi connectivity index (χ0v) is 13.8. The second kappa shape index (κ2) is 7.12. The molecular weight excluding hydrogens is 280 g/mol. The van der Waals surface area contributed by atoms with Crippen molar-refractivity contribution in [3.05, 3.63) is 40.8 Å². The fourth-order valence-corrected chi connectivity index (χ4v) is 3.58. The Morgan fingerprint density at radius 2 is 1.86 bits per heavy atom. The molecule has 3 nitrogen and oxygen atoms in total. The van der Waals surface area contributed by atoms with Gasteiger partial charge in [-0.25, -0.2) is 4.98 Å². The van der Waals surface area contributed by atoms with Crippen LogP contribution in [-0.2, 0) is 6.54 Å². The zero-order valence-electron chi connectivity index (χ0n) is 12.9. The minimum atomic E-state index is -0.0212. The molecule has 21 heavy (non-hydrogen) atoms. The first-order valence-electron chi connectivity index (χ1n) is 7.71. The van der Waals surface area contributed by atoms with E-state index in [1.54, 1.807) is 0 Å². The highest BCUT2D eigenvalue weighted by Crippen LogP contribution is 2.33. The molecule has 2 rings (SSSR count). The molecule has 0 unspecified atom stereocenters. The van der Waals surface area contributed by atoms with Gasteiger partial charge in [-0.3, -0.25) is 4.79 Å². The van der Waals surface area contributed by atoms with Crippen molar-refractivity contribution in [2.45, 2.75) is 46.1 Å². The molecule has 0 amide bonds. The van der Waals surface area contributed by atoms with E-state index in [0.717, 1.165) is 49.0 Å². The lowest BCUT2D eigenvalue weighted by molar-refractivity contribution is 0.232. The largest absolute Gasteiger partial charge is 0.305 e. The van der Waals surface area contributed by atoms with E-state index in [0.29, 0.717) is 0 Å². The third-order valence-electron chi connectivity index (χ3n) is 4.14. The van der Waals surface area contributed by atoms with Gasteiger partial charge in [0.05, 0.1) is 17.2 Å². The molecular formula is C17H24N2OS. The molecule has 4 heteroatoms. The number of nitrogens with zero attached hydrogens (tertiary/aromatic N) is 2. The number of hydrogen-bond donors (Lipinski definition) is 1. The lowest BCUT2D eigenvalue weighted by atomic mass is 9.80. The molecule has 1 aromatic carbocycles. The van der Waals surface area contributed by atoms with Crippen LogP contribution in [0.25, 0.3) is 11.0 Å². The summed E-state index contributed by atoms with van der Waals surface area (Å²) < 4.78 is 1.88. The normalized spacial score (nSPS) is 12.0. The van der Waals surface area contributed by atoms with Crippen molar-refractivity contribution >= 4 is 23.7 Å². The maximum Gasteiger partial charge on any atom is 0.269 e. The molecule has 0 aliphatic rings. The molecule has 2 aromatic rings. The Morgan fingerprint density at radius 1 is 1.19 bits per heavy atom. The van der Waals surface area contributed by atoms with Crippen molar-refractivity contribution in [3.63, 3.8) is 0 Å². The highest BCUT2D eigenvalue weighted by atomic mass is 32.1. The molecule has 0 atom stereocenters. The van der Waals surface area contributed by atoms with E-state index >= 15 is 0 Å². The minimum Gasteiger partial charge on any atom is -0.305 e.